The zero-order chi connectivity index (χ0) is 11.6. The molecule has 2 atom stereocenters. The van der Waals surface area contributed by atoms with Crippen molar-refractivity contribution in [2.45, 2.75) is 32.4 Å². The fourth-order valence-electron chi connectivity index (χ4n) is 1.43. The van der Waals surface area contributed by atoms with Crippen molar-refractivity contribution >= 4 is 17.8 Å². The normalized spacial score (nSPS) is 26.1. The van der Waals surface area contributed by atoms with Crippen LogP contribution in [0.25, 0.3) is 0 Å². The molecule has 0 aliphatic carbocycles. The minimum absolute atomic E-state index is 0.0141. The molecule has 1 aliphatic rings. The van der Waals surface area contributed by atoms with Crippen molar-refractivity contribution in [2.75, 3.05) is 0 Å². The lowest BCUT2D eigenvalue weighted by molar-refractivity contribution is -0.143. The molecule has 0 aromatic rings. The van der Waals surface area contributed by atoms with Crippen LogP contribution in [0.1, 0.15) is 20.3 Å². The standard InChI is InChI=1S/C9H14N2O4/c1-4(2)7-9(15)10-5(3-6(12)13)8(14)11-7/h4-5,7H,3H2,1-2H3,(H,10,15)(H,11,14)(H,12,13)/t5-,7+/m1/s1. The number of carbonyl (C=O) groups is 3. The molecule has 1 heterocycles. The molecular formula is C9H14N2O4. The number of nitrogens with one attached hydrogen (secondary N) is 2. The molecule has 0 saturated carbocycles. The molecule has 1 rings (SSSR count). The van der Waals surface area contributed by atoms with Gasteiger partial charge in [-0.15, -0.1) is 0 Å². The molecular weight excluding hydrogens is 200 g/mol. The Morgan fingerprint density at radius 2 is 1.93 bits per heavy atom. The molecule has 15 heavy (non-hydrogen) atoms. The van der Waals surface area contributed by atoms with Crippen LogP contribution in [0.2, 0.25) is 0 Å². The van der Waals surface area contributed by atoms with Gasteiger partial charge in [0.15, 0.2) is 0 Å². The average Bonchev–Trinajstić information content (AvgIpc) is 2.09. The van der Waals surface area contributed by atoms with E-state index in [1.807, 2.05) is 13.8 Å². The summed E-state index contributed by atoms with van der Waals surface area (Å²) < 4.78 is 0. The van der Waals surface area contributed by atoms with E-state index in [2.05, 4.69) is 10.6 Å². The molecule has 2 amide bonds. The molecule has 1 saturated heterocycles. The number of aliphatic carboxylic acids is 1. The van der Waals surface area contributed by atoms with E-state index in [9.17, 15) is 14.4 Å². The fourth-order valence-corrected chi connectivity index (χ4v) is 1.43. The summed E-state index contributed by atoms with van der Waals surface area (Å²) in [6, 6.07) is -1.52. The summed E-state index contributed by atoms with van der Waals surface area (Å²) in [5.74, 6) is -1.88. The van der Waals surface area contributed by atoms with E-state index in [4.69, 9.17) is 5.11 Å². The Balaban J connectivity index is 2.67. The molecule has 84 valence electrons. The van der Waals surface area contributed by atoms with Gasteiger partial charge < -0.3 is 15.7 Å². The molecule has 1 fully saturated rings. The van der Waals surface area contributed by atoms with Crippen LogP contribution in [0.4, 0.5) is 0 Å². The maximum Gasteiger partial charge on any atom is 0.305 e. The van der Waals surface area contributed by atoms with Gasteiger partial charge in [0.05, 0.1) is 6.42 Å². The molecule has 0 radical (unpaired) electrons. The first-order valence-corrected chi connectivity index (χ1v) is 4.74. The Bertz CT molecular complexity index is 300. The molecule has 6 heteroatoms. The molecule has 0 spiro atoms. The van der Waals surface area contributed by atoms with Gasteiger partial charge in [0.25, 0.3) is 0 Å². The summed E-state index contributed by atoms with van der Waals surface area (Å²) in [5.41, 5.74) is 0. The summed E-state index contributed by atoms with van der Waals surface area (Å²) >= 11 is 0. The highest BCUT2D eigenvalue weighted by Crippen LogP contribution is 2.08. The topological polar surface area (TPSA) is 95.5 Å². The van der Waals surface area contributed by atoms with Gasteiger partial charge >= 0.3 is 5.97 Å². The first-order chi connectivity index (χ1) is 6.91. The van der Waals surface area contributed by atoms with E-state index in [-0.39, 0.29) is 18.2 Å². The number of rotatable bonds is 3. The second-order valence-corrected chi connectivity index (χ2v) is 3.89. The lowest BCUT2D eigenvalue weighted by atomic mass is 9.99. The van der Waals surface area contributed by atoms with E-state index in [1.165, 1.54) is 0 Å². The number of hydrogen-bond donors (Lipinski definition) is 3. The Morgan fingerprint density at radius 1 is 1.33 bits per heavy atom. The molecule has 0 aromatic heterocycles. The van der Waals surface area contributed by atoms with Crippen molar-refractivity contribution in [3.63, 3.8) is 0 Å². The maximum atomic E-state index is 11.5. The lowest BCUT2D eigenvalue weighted by Crippen LogP contribution is -2.63. The largest absolute Gasteiger partial charge is 0.481 e. The van der Waals surface area contributed by atoms with Crippen molar-refractivity contribution in [1.82, 2.24) is 10.6 Å². The predicted molar refractivity (Wildman–Crippen MR) is 51.0 cm³/mol. The van der Waals surface area contributed by atoms with Crippen molar-refractivity contribution in [1.29, 1.82) is 0 Å². The minimum Gasteiger partial charge on any atom is -0.481 e. The Morgan fingerprint density at radius 3 is 2.40 bits per heavy atom. The second kappa shape index (κ2) is 4.29. The van der Waals surface area contributed by atoms with Crippen molar-refractivity contribution < 1.29 is 19.5 Å². The number of carbonyl (C=O) groups excluding carboxylic acids is 2. The van der Waals surface area contributed by atoms with E-state index in [0.717, 1.165) is 0 Å². The molecule has 0 unspecified atom stereocenters. The monoisotopic (exact) mass is 214 g/mol. The highest BCUT2D eigenvalue weighted by atomic mass is 16.4. The van der Waals surface area contributed by atoms with Gasteiger partial charge in [0, 0.05) is 0 Å². The summed E-state index contributed by atoms with van der Waals surface area (Å²) in [5, 5.41) is 13.4. The van der Waals surface area contributed by atoms with E-state index >= 15 is 0 Å². The molecule has 0 aromatic carbocycles. The van der Waals surface area contributed by atoms with Crippen molar-refractivity contribution in [3.05, 3.63) is 0 Å². The van der Waals surface area contributed by atoms with Gasteiger partial charge in [-0.25, -0.2) is 0 Å². The third-order valence-corrected chi connectivity index (χ3v) is 2.26. The SMILES string of the molecule is CC(C)[C@@H]1NC(=O)[C@@H](CC(=O)O)NC1=O. The first-order valence-electron chi connectivity index (χ1n) is 4.74. The van der Waals surface area contributed by atoms with Crippen LogP contribution in [-0.2, 0) is 14.4 Å². The van der Waals surface area contributed by atoms with Crippen LogP contribution < -0.4 is 10.6 Å². The first kappa shape index (κ1) is 11.5. The maximum absolute atomic E-state index is 11.5. The van der Waals surface area contributed by atoms with E-state index in [0.29, 0.717) is 0 Å². The second-order valence-electron chi connectivity index (χ2n) is 3.89. The van der Waals surface area contributed by atoms with Gasteiger partial charge in [0.2, 0.25) is 11.8 Å². The van der Waals surface area contributed by atoms with Crippen molar-refractivity contribution in [2.24, 2.45) is 5.92 Å². The smallest absolute Gasteiger partial charge is 0.305 e. The van der Waals surface area contributed by atoms with Crippen LogP contribution in [0.15, 0.2) is 0 Å². The van der Waals surface area contributed by atoms with Gasteiger partial charge in [-0.1, -0.05) is 13.8 Å². The quantitative estimate of drug-likeness (QED) is 0.567. The van der Waals surface area contributed by atoms with E-state index < -0.39 is 24.0 Å². The van der Waals surface area contributed by atoms with Crippen LogP contribution in [0.3, 0.4) is 0 Å². The minimum atomic E-state index is -1.11. The number of piperazine rings is 1. The summed E-state index contributed by atoms with van der Waals surface area (Å²) in [6.07, 6.45) is -0.387. The van der Waals surface area contributed by atoms with Crippen LogP contribution in [0.5, 0.6) is 0 Å². The number of carboxylic acid groups (broad SMARTS) is 1. The van der Waals surface area contributed by atoms with Gasteiger partial charge in [-0.2, -0.15) is 0 Å². The molecule has 3 N–H and O–H groups in total. The fraction of sp³-hybridized carbons (Fsp3) is 0.667. The van der Waals surface area contributed by atoms with Gasteiger partial charge in [0.1, 0.15) is 12.1 Å². The van der Waals surface area contributed by atoms with Crippen LogP contribution in [-0.4, -0.2) is 35.0 Å². The summed E-state index contributed by atoms with van der Waals surface area (Å²) in [6.45, 7) is 3.62. The van der Waals surface area contributed by atoms with Gasteiger partial charge in [-0.3, -0.25) is 14.4 Å². The molecule has 0 bridgehead atoms. The number of carboxylic acids is 1. The van der Waals surface area contributed by atoms with Gasteiger partial charge in [-0.05, 0) is 5.92 Å². The van der Waals surface area contributed by atoms with E-state index in [1.54, 1.807) is 0 Å². The van der Waals surface area contributed by atoms with Crippen LogP contribution >= 0.6 is 0 Å². The zero-order valence-corrected chi connectivity index (χ0v) is 8.61. The summed E-state index contributed by atoms with van der Waals surface area (Å²) in [7, 11) is 0. The molecule has 1 aliphatic heterocycles. The highest BCUT2D eigenvalue weighted by Gasteiger charge is 2.35. The number of hydrogen-bond acceptors (Lipinski definition) is 3. The zero-order valence-electron chi connectivity index (χ0n) is 8.61. The predicted octanol–water partition coefficient (Wildman–Crippen LogP) is -0.900. The summed E-state index contributed by atoms with van der Waals surface area (Å²) in [4.78, 5) is 33.3. The Kier molecular flexibility index (Phi) is 3.28. The van der Waals surface area contributed by atoms with Crippen LogP contribution in [0, 0.1) is 5.92 Å². The Hall–Kier alpha value is -1.59. The Labute approximate surface area is 87.0 Å². The molecule has 6 nitrogen and oxygen atoms in total. The third-order valence-electron chi connectivity index (χ3n) is 2.26. The average molecular weight is 214 g/mol. The highest BCUT2D eigenvalue weighted by molar-refractivity contribution is 5.98. The van der Waals surface area contributed by atoms with Crippen molar-refractivity contribution in [3.8, 4) is 0 Å². The lowest BCUT2D eigenvalue weighted by Gasteiger charge is -2.30. The number of amides is 2. The third kappa shape index (κ3) is 2.68.